The first-order chi connectivity index (χ1) is 63.6. The van der Waals surface area contributed by atoms with E-state index in [1.54, 1.807) is 44.4 Å². The average molecular weight is 2040 g/mol. The molecule has 744 valence electrons. The van der Waals surface area contributed by atoms with Crippen LogP contribution in [0.3, 0.4) is 0 Å². The van der Waals surface area contributed by atoms with Gasteiger partial charge in [0.2, 0.25) is 23.1 Å². The number of nitrogens with one attached hydrogen (secondary N) is 7. The van der Waals surface area contributed by atoms with E-state index in [4.69, 9.17) is 64.6 Å². The zero-order valence-electron chi connectivity index (χ0n) is 85.5. The summed E-state index contributed by atoms with van der Waals surface area (Å²) in [6.45, 7) is 41.3. The third-order valence-electron chi connectivity index (χ3n) is 18.4. The molecule has 0 aliphatic heterocycles. The number of alkyl halides is 1. The van der Waals surface area contributed by atoms with Crippen molar-refractivity contribution in [1.82, 2.24) is 66.2 Å². The van der Waals surface area contributed by atoms with Crippen LogP contribution in [0.15, 0.2) is 89.7 Å². The summed E-state index contributed by atoms with van der Waals surface area (Å²) in [5.74, 6) is 1.55. The smallest absolute Gasteiger partial charge is 0.481 e. The molecule has 1 atom stereocenters. The van der Waals surface area contributed by atoms with Crippen molar-refractivity contribution in [2.24, 2.45) is 17.6 Å². The maximum absolute atomic E-state index is 13.2. The van der Waals surface area contributed by atoms with Crippen LogP contribution in [0, 0.1) is 47.7 Å². The number of aliphatic hydroxyl groups excluding tert-OH is 1. The molecule has 0 spiro atoms. The predicted octanol–water partition coefficient (Wildman–Crippen LogP) is 8.22. The van der Waals surface area contributed by atoms with Gasteiger partial charge in [-0.3, -0.25) is 59.6 Å². The number of carbonyl (C=O) groups excluding carboxylic acids is 9. The predicted molar refractivity (Wildman–Crippen MR) is 522 cm³/mol. The first-order valence-electron chi connectivity index (χ1n) is 41.8. The number of aryl methyl sites for hydroxylation is 5. The van der Waals surface area contributed by atoms with Gasteiger partial charge in [-0.2, -0.15) is 12.3 Å². The normalized spacial score (nSPS) is 11.1. The summed E-state index contributed by atoms with van der Waals surface area (Å²) in [5.41, 5.74) is 13.4. The number of para-hydroxylation sites is 4. The van der Waals surface area contributed by atoms with Gasteiger partial charge in [0.25, 0.3) is 13.0 Å². The summed E-state index contributed by atoms with van der Waals surface area (Å²) in [5, 5.41) is 38.9. The molecule has 7 heterocycles. The van der Waals surface area contributed by atoms with Crippen molar-refractivity contribution in [1.29, 1.82) is 1.43 Å². The quantitative estimate of drug-likeness (QED) is 0.00208. The van der Waals surface area contributed by atoms with Crippen molar-refractivity contribution in [3.05, 3.63) is 153 Å². The third kappa shape index (κ3) is 39.3. The number of esters is 3. The number of halogens is 2. The average Bonchev–Trinajstić information content (AvgIpc) is 1.72. The summed E-state index contributed by atoms with van der Waals surface area (Å²) < 4.78 is 48.7. The number of carbonyl (C=O) groups is 10. The van der Waals surface area contributed by atoms with Gasteiger partial charge in [-0.15, -0.1) is 0 Å². The maximum Gasteiger partial charge on any atom is 1.00 e. The Balaban J connectivity index is 0. The topological polar surface area (TPSA) is 621 Å². The van der Waals surface area contributed by atoms with Gasteiger partial charge in [0.1, 0.15) is 57.7 Å². The monoisotopic (exact) mass is 2040 g/mol. The number of anilines is 4. The SMILES string of the molecule is CC(=O)O.CCO.COC(=O)C(CC(=O)c1cccc2nc(C)c(NC(C)(C)C)nc12)C(=O)C(C)(OC)OC.COC(=O)CC(=O)C(C)(OC)OC.COC(=O)c1cc(-c2cccc3nc(C)c(NC(C)(C)C)nc23)[nH]c1C(C)=O.Cc1nc2cccc(-c3cc4c(=O)[nH]nc(C)c4[nH]3)c2nc1NC(C)(C)C.Cc1nc2cccc(C(=O)CBr)c2nc1NC(C)(C)C.N.NN.[2H]OOC=O.[CH2-]F.[K+].[K+]. The number of ketones is 5. The molecule has 17 N–H and O–H groups in total. The number of hydrazine groups is 1. The number of benzene rings is 4. The van der Waals surface area contributed by atoms with Crippen LogP contribution in [0.4, 0.5) is 27.7 Å². The van der Waals surface area contributed by atoms with Gasteiger partial charge in [-0.1, -0.05) is 52.3 Å². The Morgan fingerprint density at radius 3 is 1.20 bits per heavy atom. The Kier molecular flexibility index (Phi) is 56.0. The number of hydrogen-bond acceptors (Lipinski definition) is 37. The molecule has 0 saturated heterocycles. The number of carboxylic acid groups (broad SMARTS) is 1. The maximum atomic E-state index is 13.2. The van der Waals surface area contributed by atoms with Crippen LogP contribution >= 0.6 is 15.9 Å². The molecule has 0 amide bonds. The Hall–Kier alpha value is -9.84. The summed E-state index contributed by atoms with van der Waals surface area (Å²) >= 11 is 3.21. The first-order valence-corrected chi connectivity index (χ1v) is 42.5. The fourth-order valence-electron chi connectivity index (χ4n) is 12.0. The van der Waals surface area contributed by atoms with E-state index in [-0.39, 0.29) is 190 Å². The van der Waals surface area contributed by atoms with E-state index < -0.39 is 65.1 Å². The molecule has 11 aromatic rings. The van der Waals surface area contributed by atoms with E-state index in [0.717, 1.165) is 92.8 Å². The number of rotatable bonds is 25. The molecule has 7 aromatic heterocycles. The number of aliphatic hydroxyl groups is 1. The zero-order chi connectivity index (χ0) is 104. The Labute approximate surface area is 896 Å². The van der Waals surface area contributed by atoms with Crippen LogP contribution in [-0.2, 0) is 66.8 Å². The largest absolute Gasteiger partial charge is 1.00 e. The van der Waals surface area contributed by atoms with Crippen molar-refractivity contribution in [3.63, 3.8) is 0 Å². The number of hydrogen-bond donors (Lipinski definition) is 13. The van der Waals surface area contributed by atoms with Crippen LogP contribution < -0.4 is 147 Å². The molecule has 0 fully saturated rings. The number of aromatic amines is 3. The van der Waals surface area contributed by atoms with Gasteiger partial charge < -0.3 is 90.0 Å². The van der Waals surface area contributed by atoms with E-state index in [9.17, 15) is 47.5 Å². The molecule has 0 radical (unpaired) electrons. The molecular weight excluding hydrogens is 1910 g/mol. The molecule has 0 aliphatic rings. The Morgan fingerprint density at radius 1 is 0.536 bits per heavy atom. The van der Waals surface area contributed by atoms with Crippen molar-refractivity contribution in [2.75, 3.05) is 83.0 Å². The van der Waals surface area contributed by atoms with Gasteiger partial charge in [0, 0.05) is 111 Å². The van der Waals surface area contributed by atoms with Crippen LogP contribution in [-0.4, -0.2) is 230 Å². The van der Waals surface area contributed by atoms with Crippen molar-refractivity contribution >= 4 is 154 Å². The second-order valence-corrected chi connectivity index (χ2v) is 34.0. The molecule has 11 rings (SSSR count). The number of methoxy groups -OCH3 is 7. The van der Waals surface area contributed by atoms with Crippen LogP contribution in [0.5, 0.6) is 0 Å². The van der Waals surface area contributed by atoms with E-state index in [0.29, 0.717) is 56.0 Å². The molecule has 4 aromatic carbocycles. The van der Waals surface area contributed by atoms with E-state index in [1.807, 2.05) is 110 Å². The third-order valence-corrected chi connectivity index (χ3v) is 18.9. The molecule has 45 heteroatoms. The molecular formula is C93H130BrFK2N19O22+. The minimum absolute atomic E-state index is 0. The second kappa shape index (κ2) is 60.3. The summed E-state index contributed by atoms with van der Waals surface area (Å²) in [4.78, 5) is 174. The molecule has 1 unspecified atom stereocenters. The number of nitrogens with zero attached hydrogens (tertiary/aromatic N) is 9. The minimum atomic E-state index is -1.70. The van der Waals surface area contributed by atoms with Gasteiger partial charge in [-0.25, -0.2) is 55.0 Å². The van der Waals surface area contributed by atoms with Crippen LogP contribution in [0.25, 0.3) is 79.0 Å². The molecule has 41 nitrogen and oxygen atoms in total. The number of aliphatic carboxylic acids is 1. The van der Waals surface area contributed by atoms with E-state index >= 15 is 0 Å². The summed E-state index contributed by atoms with van der Waals surface area (Å²) in [6.07, 6.45) is -0.779. The van der Waals surface area contributed by atoms with Gasteiger partial charge in [0.05, 0.1) is 99.4 Å². The number of carboxylic acids is 1. The first kappa shape index (κ1) is 128. The van der Waals surface area contributed by atoms with Crippen LogP contribution in [0.2, 0.25) is 0 Å². The minimum Gasteiger partial charge on any atom is -0.481 e. The van der Waals surface area contributed by atoms with Crippen molar-refractivity contribution in [2.45, 2.75) is 199 Å². The summed E-state index contributed by atoms with van der Waals surface area (Å²) in [6, 6.07) is 25.5. The fraction of sp³-hybridized carbons (Fsp3) is 0.430. The zero-order valence-corrected chi connectivity index (χ0v) is 92.3. The Morgan fingerprint density at radius 2 is 0.891 bits per heavy atom. The van der Waals surface area contributed by atoms with E-state index in [2.05, 4.69) is 171 Å². The number of fused-ring (bicyclic) bond motifs is 5. The van der Waals surface area contributed by atoms with Crippen molar-refractivity contribution < 1.29 is 209 Å². The van der Waals surface area contributed by atoms with Crippen LogP contribution in [0.1, 0.15) is 201 Å². The number of nitrogens with two attached hydrogens (primary N) is 2. The van der Waals surface area contributed by atoms with Gasteiger partial charge >= 0.3 is 127 Å². The van der Waals surface area contributed by atoms with Crippen molar-refractivity contribution in [3.8, 4) is 22.5 Å². The van der Waals surface area contributed by atoms with E-state index in [1.165, 1.54) is 63.4 Å². The number of ether oxygens (including phenoxy) is 7. The molecule has 138 heavy (non-hydrogen) atoms. The number of aromatic nitrogens is 12. The molecule has 0 saturated carbocycles. The Bertz CT molecular complexity index is 6010. The van der Waals surface area contributed by atoms with Gasteiger partial charge in [0.15, 0.2) is 17.3 Å². The molecule has 0 bridgehead atoms. The summed E-state index contributed by atoms with van der Waals surface area (Å²) in [7, 11) is 10.6. The number of Topliss-reactive ketones (excluding diaryl/α,β-unsaturated/α-hetero) is 5. The number of H-pyrrole nitrogens is 3. The fourth-order valence-corrected chi connectivity index (χ4v) is 12.3. The molecule has 0 aliphatic carbocycles. The second-order valence-electron chi connectivity index (χ2n) is 33.5. The standard InChI is InChI=1S/C23H31N3O6.C21H24N4O3.C20H22N6O.C15H18BrN3O.C8H14O5.C2H4O2.C2H6O.CH2F.CH2O3.2K.H4N2.H3N/c1-13-20(26-22(2,3)4)25-18-14(10-9-11-16(18)24-13)17(27)12-15(21(29)30-6)19(28)23(5,31-7)32-8;1-11-19(25-21(3,4)5)24-18-13(8-7-9-15(18)22-11)16-10-14(20(27)28-6)17(23-16)12(2)26;1-10-16-13(19(27)26-25-10)9-15(22-16)12-7-6-8-14-17(12)23-18(11(2)21-14)24-20(3,4)5;1-9-14(19-15(2,3)4)18-13-10(12(20)8-16)6-5-7-11(13)17-9;1-8(12-3,13-4)6(9)5-7(10)11-2;1-2(3)4;1-2-3;1-2;2-1-4-3;;;1-2;/h9-11,15H,12H2,1-8H3,(H,25,26);7-10,23H,1-6H3,(H,24,25);6-9,22H,1-5H3,(H,23,24)(H,26,27);5-7H,8H2,1-4H3,(H,18,19);5H2,1-4H3;1H3,(H,3,4);3H,2H2,1H3;1H2;1,3H;;;1-2H2;1H3/q;;;;;;;-1;;2*+1;;/i/hD. The van der Waals surface area contributed by atoms with Gasteiger partial charge in [-0.05, 0) is 187 Å².